The van der Waals surface area contributed by atoms with Gasteiger partial charge in [-0.05, 0) is 26.3 Å². The number of aryl methyl sites for hydroxylation is 1. The van der Waals surface area contributed by atoms with E-state index in [1.54, 1.807) is 13.8 Å². The van der Waals surface area contributed by atoms with Gasteiger partial charge in [-0.3, -0.25) is 0 Å². The van der Waals surface area contributed by atoms with Gasteiger partial charge in [-0.1, -0.05) is 29.8 Å². The maximum absolute atomic E-state index is 11.7. The van der Waals surface area contributed by atoms with Crippen molar-refractivity contribution in [3.05, 3.63) is 35.4 Å². The Morgan fingerprint density at radius 1 is 1.19 bits per heavy atom. The molecule has 4 heteroatoms. The summed E-state index contributed by atoms with van der Waals surface area (Å²) in [5, 5.41) is -0.539. The van der Waals surface area contributed by atoms with Crippen molar-refractivity contribution in [1.82, 2.24) is 0 Å². The van der Waals surface area contributed by atoms with E-state index in [0.29, 0.717) is 0 Å². The molecule has 0 saturated carbocycles. The van der Waals surface area contributed by atoms with Crippen LogP contribution in [0.5, 0.6) is 0 Å². The van der Waals surface area contributed by atoms with E-state index in [-0.39, 0.29) is 0 Å². The Bertz CT molecular complexity index is 460. The fraction of sp³-hybridized carbons (Fsp3) is 0.500. The van der Waals surface area contributed by atoms with Crippen molar-refractivity contribution in [2.75, 3.05) is 6.26 Å². The average Bonchev–Trinajstić information content (AvgIpc) is 2.16. The van der Waals surface area contributed by atoms with Gasteiger partial charge in [0, 0.05) is 6.26 Å². The van der Waals surface area contributed by atoms with Crippen LogP contribution in [0, 0.1) is 6.92 Å². The van der Waals surface area contributed by atoms with Crippen molar-refractivity contribution in [3.8, 4) is 0 Å². The van der Waals surface area contributed by atoms with E-state index in [9.17, 15) is 8.42 Å². The summed E-state index contributed by atoms with van der Waals surface area (Å²) in [4.78, 5) is 0. The molecule has 1 aromatic carbocycles. The van der Waals surface area contributed by atoms with Gasteiger partial charge < -0.3 is 0 Å². The van der Waals surface area contributed by atoms with Crippen LogP contribution < -0.4 is 0 Å². The molecule has 0 aliphatic heterocycles. The Balaban J connectivity index is 3.12. The van der Waals surface area contributed by atoms with E-state index >= 15 is 0 Å². The molecular formula is C12H17ClO2S. The van der Waals surface area contributed by atoms with Crippen molar-refractivity contribution < 1.29 is 8.42 Å². The fourth-order valence-electron chi connectivity index (χ4n) is 1.32. The van der Waals surface area contributed by atoms with E-state index in [2.05, 4.69) is 0 Å². The minimum Gasteiger partial charge on any atom is -0.229 e. The van der Waals surface area contributed by atoms with Gasteiger partial charge in [0.05, 0.1) is 10.1 Å². The van der Waals surface area contributed by atoms with Crippen molar-refractivity contribution >= 4 is 21.4 Å². The van der Waals surface area contributed by atoms with Crippen LogP contribution in [0.15, 0.2) is 24.3 Å². The van der Waals surface area contributed by atoms with Crippen LogP contribution in [0.1, 0.15) is 30.4 Å². The smallest absolute Gasteiger partial charge is 0.154 e. The summed E-state index contributed by atoms with van der Waals surface area (Å²) in [5.74, 6) is 0. The van der Waals surface area contributed by atoms with Crippen LogP contribution >= 0.6 is 11.6 Å². The summed E-state index contributed by atoms with van der Waals surface area (Å²) in [7, 11) is -3.19. The molecular weight excluding hydrogens is 244 g/mol. The second kappa shape index (κ2) is 4.38. The molecule has 0 bridgehead atoms. The fourth-order valence-corrected chi connectivity index (χ4v) is 2.47. The molecule has 0 spiro atoms. The summed E-state index contributed by atoms with van der Waals surface area (Å²) in [6, 6.07) is 7.62. The predicted molar refractivity (Wildman–Crippen MR) is 68.7 cm³/mol. The molecule has 1 atom stereocenters. The number of benzene rings is 1. The van der Waals surface area contributed by atoms with Crippen LogP contribution in [0.2, 0.25) is 0 Å². The number of halogens is 1. The highest BCUT2D eigenvalue weighted by molar-refractivity contribution is 7.92. The zero-order valence-electron chi connectivity index (χ0n) is 9.99. The summed E-state index contributed by atoms with van der Waals surface area (Å²) >= 11 is 6.26. The monoisotopic (exact) mass is 260 g/mol. The first-order valence-electron chi connectivity index (χ1n) is 5.06. The normalized spacial score (nSPS) is 14.8. The zero-order valence-corrected chi connectivity index (χ0v) is 11.6. The minimum absolute atomic E-state index is 0.539. The summed E-state index contributed by atoms with van der Waals surface area (Å²) < 4.78 is 22.3. The molecule has 0 aliphatic rings. The first kappa shape index (κ1) is 13.5. The number of alkyl halides is 1. The lowest BCUT2D eigenvalue weighted by Gasteiger charge is -2.28. The summed E-state index contributed by atoms with van der Waals surface area (Å²) in [6.45, 7) is 5.29. The van der Waals surface area contributed by atoms with Gasteiger partial charge in [-0.15, -0.1) is 11.6 Å². The number of hydrogen-bond donors (Lipinski definition) is 0. The molecule has 2 nitrogen and oxygen atoms in total. The van der Waals surface area contributed by atoms with Crippen LogP contribution in [0.3, 0.4) is 0 Å². The van der Waals surface area contributed by atoms with Crippen molar-refractivity contribution in [3.63, 3.8) is 0 Å². The third kappa shape index (κ3) is 2.58. The van der Waals surface area contributed by atoms with E-state index in [0.717, 1.165) is 11.1 Å². The highest BCUT2D eigenvalue weighted by Crippen LogP contribution is 2.37. The molecule has 0 heterocycles. The molecule has 0 fully saturated rings. The number of sulfone groups is 1. The lowest BCUT2D eigenvalue weighted by Crippen LogP contribution is -2.35. The maximum Gasteiger partial charge on any atom is 0.154 e. The average molecular weight is 261 g/mol. The highest BCUT2D eigenvalue weighted by atomic mass is 35.5. The molecule has 16 heavy (non-hydrogen) atoms. The molecule has 0 aliphatic carbocycles. The molecule has 90 valence electrons. The van der Waals surface area contributed by atoms with Gasteiger partial charge in [0.25, 0.3) is 0 Å². The third-order valence-electron chi connectivity index (χ3n) is 2.94. The summed E-state index contributed by atoms with van der Waals surface area (Å²) in [6.07, 6.45) is 1.22. The lowest BCUT2D eigenvalue weighted by atomic mass is 10.0. The quantitative estimate of drug-likeness (QED) is 0.783. The Morgan fingerprint density at radius 2 is 1.62 bits per heavy atom. The topological polar surface area (TPSA) is 34.1 Å². The van der Waals surface area contributed by atoms with Crippen molar-refractivity contribution in [1.29, 1.82) is 0 Å². The highest BCUT2D eigenvalue weighted by Gasteiger charge is 2.38. The second-order valence-corrected chi connectivity index (χ2v) is 7.68. The summed E-state index contributed by atoms with van der Waals surface area (Å²) in [5.41, 5.74) is 1.97. The molecule has 1 aromatic rings. The number of rotatable bonds is 3. The molecule has 1 unspecified atom stereocenters. The van der Waals surface area contributed by atoms with Gasteiger partial charge >= 0.3 is 0 Å². The van der Waals surface area contributed by atoms with E-state index in [1.165, 1.54) is 6.26 Å². The first-order chi connectivity index (χ1) is 7.16. The maximum atomic E-state index is 11.7. The Morgan fingerprint density at radius 3 is 2.00 bits per heavy atom. The SMILES string of the molecule is Cc1ccc(C(Cl)C(C)(C)S(C)(=O)=O)cc1. The van der Waals surface area contributed by atoms with Gasteiger partial charge in [0.15, 0.2) is 9.84 Å². The first-order valence-corrected chi connectivity index (χ1v) is 7.39. The largest absolute Gasteiger partial charge is 0.229 e. The van der Waals surface area contributed by atoms with Crippen LogP contribution in [-0.2, 0) is 9.84 Å². The molecule has 0 aromatic heterocycles. The number of hydrogen-bond acceptors (Lipinski definition) is 2. The van der Waals surface area contributed by atoms with Crippen molar-refractivity contribution in [2.24, 2.45) is 0 Å². The molecule has 0 radical (unpaired) electrons. The second-order valence-electron chi connectivity index (χ2n) is 4.65. The molecule has 0 amide bonds. The molecule has 0 saturated heterocycles. The van der Waals surface area contributed by atoms with Crippen LogP contribution in [0.25, 0.3) is 0 Å². The standard InChI is InChI=1S/C12H17ClO2S/c1-9-5-7-10(8-6-9)11(13)12(2,3)16(4,14)15/h5-8,11H,1-4H3. The Kier molecular flexibility index (Phi) is 3.70. The van der Waals surface area contributed by atoms with Gasteiger partial charge in [-0.2, -0.15) is 0 Å². The van der Waals surface area contributed by atoms with Gasteiger partial charge in [0.2, 0.25) is 0 Å². The predicted octanol–water partition coefficient (Wildman–Crippen LogP) is 3.10. The third-order valence-corrected chi connectivity index (χ3v) is 6.01. The van der Waals surface area contributed by atoms with Gasteiger partial charge in [0.1, 0.15) is 0 Å². The lowest BCUT2D eigenvalue weighted by molar-refractivity contribution is 0.544. The van der Waals surface area contributed by atoms with Crippen molar-refractivity contribution in [2.45, 2.75) is 30.9 Å². The van der Waals surface area contributed by atoms with E-state index in [4.69, 9.17) is 11.6 Å². The molecule has 0 N–H and O–H groups in total. The molecule has 1 rings (SSSR count). The van der Waals surface area contributed by atoms with Crippen LogP contribution in [-0.4, -0.2) is 19.4 Å². The zero-order chi connectivity index (χ0) is 12.6. The Hall–Kier alpha value is -0.540. The van der Waals surface area contributed by atoms with E-state index < -0.39 is 20.0 Å². The van der Waals surface area contributed by atoms with Crippen LogP contribution in [0.4, 0.5) is 0 Å². The van der Waals surface area contributed by atoms with E-state index in [1.807, 2.05) is 31.2 Å². The minimum atomic E-state index is -3.19. The van der Waals surface area contributed by atoms with Gasteiger partial charge in [-0.25, -0.2) is 8.42 Å². The Labute approximate surface area is 103 Å².